The van der Waals surface area contributed by atoms with Crippen molar-refractivity contribution >= 4 is 17.5 Å². The monoisotopic (exact) mass is 244 g/mol. The number of carbonyl (C=O) groups excluding carboxylic acids is 2. The first-order valence-electron chi connectivity index (χ1n) is 6.42. The molecule has 3 rings (SSSR count). The van der Waals surface area contributed by atoms with Gasteiger partial charge in [-0.2, -0.15) is 0 Å². The molecule has 0 bridgehead atoms. The zero-order valence-electron chi connectivity index (χ0n) is 10.2. The topological polar surface area (TPSA) is 58.2 Å². The van der Waals surface area contributed by atoms with Crippen LogP contribution in [0.4, 0.5) is 5.69 Å². The Labute approximate surface area is 106 Å². The maximum atomic E-state index is 11.5. The van der Waals surface area contributed by atoms with Gasteiger partial charge in [0.25, 0.3) is 0 Å². The fraction of sp³-hybridized carbons (Fsp3) is 0.429. The molecular formula is C14H16N2O2. The number of aryl methyl sites for hydroxylation is 1. The average molecular weight is 244 g/mol. The van der Waals surface area contributed by atoms with E-state index in [1.807, 2.05) is 12.1 Å². The van der Waals surface area contributed by atoms with E-state index in [2.05, 4.69) is 16.7 Å². The largest absolute Gasteiger partial charge is 0.356 e. The summed E-state index contributed by atoms with van der Waals surface area (Å²) in [5, 5.41) is 5.69. The highest BCUT2D eigenvalue weighted by molar-refractivity contribution is 5.99. The number of amides is 2. The summed E-state index contributed by atoms with van der Waals surface area (Å²) < 4.78 is 0. The standard InChI is InChI=1S/C14H16N2O2/c17-13-8-11-7-9(2-4-12(11)16-13)1-3-10-5-6-15-14(10)18/h2,4,7,10H,1,3,5-6,8H2,(H,15,18)(H,16,17). The molecule has 4 nitrogen and oxygen atoms in total. The van der Waals surface area contributed by atoms with E-state index in [1.165, 1.54) is 5.56 Å². The first-order chi connectivity index (χ1) is 8.72. The third-order valence-corrected chi connectivity index (χ3v) is 3.74. The van der Waals surface area contributed by atoms with Crippen molar-refractivity contribution in [2.75, 3.05) is 11.9 Å². The quantitative estimate of drug-likeness (QED) is 0.840. The van der Waals surface area contributed by atoms with Gasteiger partial charge in [-0.3, -0.25) is 9.59 Å². The number of benzene rings is 1. The van der Waals surface area contributed by atoms with Crippen LogP contribution in [0, 0.1) is 5.92 Å². The van der Waals surface area contributed by atoms with E-state index in [0.717, 1.165) is 37.1 Å². The summed E-state index contributed by atoms with van der Waals surface area (Å²) >= 11 is 0. The van der Waals surface area contributed by atoms with Crippen molar-refractivity contribution in [3.05, 3.63) is 29.3 Å². The number of hydrogen-bond donors (Lipinski definition) is 2. The highest BCUT2D eigenvalue weighted by Crippen LogP contribution is 2.25. The summed E-state index contributed by atoms with van der Waals surface area (Å²) in [6.07, 6.45) is 3.22. The van der Waals surface area contributed by atoms with Crippen LogP contribution in [0.1, 0.15) is 24.0 Å². The van der Waals surface area contributed by atoms with Crippen LogP contribution in [0.2, 0.25) is 0 Å². The summed E-state index contributed by atoms with van der Waals surface area (Å²) in [5.74, 6) is 0.420. The predicted octanol–water partition coefficient (Wildman–Crippen LogP) is 1.25. The van der Waals surface area contributed by atoms with Gasteiger partial charge in [0.05, 0.1) is 6.42 Å². The Hall–Kier alpha value is -1.84. The van der Waals surface area contributed by atoms with Crippen LogP contribution in [0.15, 0.2) is 18.2 Å². The molecule has 0 radical (unpaired) electrons. The van der Waals surface area contributed by atoms with Gasteiger partial charge in [-0.1, -0.05) is 12.1 Å². The summed E-state index contributed by atoms with van der Waals surface area (Å²) in [5.41, 5.74) is 3.22. The lowest BCUT2D eigenvalue weighted by molar-refractivity contribution is -0.122. The second kappa shape index (κ2) is 4.44. The van der Waals surface area contributed by atoms with Crippen LogP contribution in [0.3, 0.4) is 0 Å². The van der Waals surface area contributed by atoms with Crippen molar-refractivity contribution < 1.29 is 9.59 Å². The predicted molar refractivity (Wildman–Crippen MR) is 68.2 cm³/mol. The third-order valence-electron chi connectivity index (χ3n) is 3.74. The van der Waals surface area contributed by atoms with Gasteiger partial charge in [0.1, 0.15) is 0 Å². The van der Waals surface area contributed by atoms with Gasteiger partial charge < -0.3 is 10.6 Å². The molecule has 94 valence electrons. The second-order valence-electron chi connectivity index (χ2n) is 5.03. The van der Waals surface area contributed by atoms with E-state index in [4.69, 9.17) is 0 Å². The highest BCUT2D eigenvalue weighted by atomic mass is 16.2. The minimum absolute atomic E-state index is 0.0670. The number of carbonyl (C=O) groups is 2. The molecule has 1 aromatic rings. The van der Waals surface area contributed by atoms with Gasteiger partial charge in [0, 0.05) is 18.2 Å². The van der Waals surface area contributed by atoms with E-state index < -0.39 is 0 Å². The number of rotatable bonds is 3. The lowest BCUT2D eigenvalue weighted by Crippen LogP contribution is -2.19. The third kappa shape index (κ3) is 2.10. The molecule has 0 saturated carbocycles. The fourth-order valence-electron chi connectivity index (χ4n) is 2.70. The number of fused-ring (bicyclic) bond motifs is 1. The van der Waals surface area contributed by atoms with E-state index in [0.29, 0.717) is 6.42 Å². The maximum absolute atomic E-state index is 11.5. The molecule has 0 aliphatic carbocycles. The van der Waals surface area contributed by atoms with Crippen molar-refractivity contribution in [2.24, 2.45) is 5.92 Å². The SMILES string of the molecule is O=C1Cc2cc(CCC3CCNC3=O)ccc2N1. The van der Waals surface area contributed by atoms with Crippen LogP contribution >= 0.6 is 0 Å². The van der Waals surface area contributed by atoms with Crippen LogP contribution in [0.25, 0.3) is 0 Å². The molecule has 18 heavy (non-hydrogen) atoms. The van der Waals surface area contributed by atoms with Crippen molar-refractivity contribution in [1.29, 1.82) is 0 Å². The number of hydrogen-bond acceptors (Lipinski definition) is 2. The Morgan fingerprint density at radius 1 is 1.28 bits per heavy atom. The summed E-state index contributed by atoms with van der Waals surface area (Å²) in [6, 6.07) is 6.08. The van der Waals surface area contributed by atoms with Gasteiger partial charge in [0.15, 0.2) is 0 Å². The molecule has 1 atom stereocenters. The summed E-state index contributed by atoms with van der Waals surface area (Å²) in [6.45, 7) is 0.812. The van der Waals surface area contributed by atoms with Crippen molar-refractivity contribution in [2.45, 2.75) is 25.7 Å². The van der Waals surface area contributed by atoms with Crippen molar-refractivity contribution in [3.63, 3.8) is 0 Å². The molecule has 2 aliphatic heterocycles. The highest BCUT2D eigenvalue weighted by Gasteiger charge is 2.24. The van der Waals surface area contributed by atoms with Crippen LogP contribution in [0.5, 0.6) is 0 Å². The lowest BCUT2D eigenvalue weighted by Gasteiger charge is -2.07. The van der Waals surface area contributed by atoms with Crippen LogP contribution < -0.4 is 10.6 Å². The van der Waals surface area contributed by atoms with E-state index in [1.54, 1.807) is 0 Å². The van der Waals surface area contributed by atoms with Crippen molar-refractivity contribution in [3.8, 4) is 0 Å². The molecule has 1 aromatic carbocycles. The van der Waals surface area contributed by atoms with Crippen LogP contribution in [-0.4, -0.2) is 18.4 Å². The molecule has 2 heterocycles. The lowest BCUT2D eigenvalue weighted by atomic mass is 9.97. The Balaban J connectivity index is 1.65. The summed E-state index contributed by atoms with van der Waals surface area (Å²) in [4.78, 5) is 22.7. The Morgan fingerprint density at radius 3 is 2.94 bits per heavy atom. The minimum Gasteiger partial charge on any atom is -0.356 e. The van der Waals surface area contributed by atoms with Gasteiger partial charge >= 0.3 is 0 Å². The minimum atomic E-state index is 0.0670. The normalized spacial score (nSPS) is 21.7. The molecule has 2 amide bonds. The second-order valence-corrected chi connectivity index (χ2v) is 5.03. The molecule has 0 aromatic heterocycles. The molecule has 1 unspecified atom stereocenters. The molecule has 4 heteroatoms. The van der Waals surface area contributed by atoms with Gasteiger partial charge in [-0.05, 0) is 36.5 Å². The zero-order chi connectivity index (χ0) is 12.5. The molecule has 1 saturated heterocycles. The smallest absolute Gasteiger partial charge is 0.228 e. The Morgan fingerprint density at radius 2 is 2.17 bits per heavy atom. The van der Waals surface area contributed by atoms with Gasteiger partial charge in [0.2, 0.25) is 11.8 Å². The van der Waals surface area contributed by atoms with Gasteiger partial charge in [-0.15, -0.1) is 0 Å². The van der Waals surface area contributed by atoms with Crippen molar-refractivity contribution in [1.82, 2.24) is 5.32 Å². The molecule has 2 aliphatic rings. The Kier molecular flexibility index (Phi) is 2.78. The van der Waals surface area contributed by atoms with Crippen LogP contribution in [-0.2, 0) is 22.4 Å². The Bertz CT molecular complexity index is 511. The molecular weight excluding hydrogens is 228 g/mol. The molecule has 1 fully saturated rings. The first kappa shape index (κ1) is 11.3. The van der Waals surface area contributed by atoms with E-state index in [9.17, 15) is 9.59 Å². The zero-order valence-corrected chi connectivity index (χ0v) is 10.2. The average Bonchev–Trinajstić information content (AvgIpc) is 2.90. The number of nitrogens with one attached hydrogen (secondary N) is 2. The number of anilines is 1. The fourth-order valence-corrected chi connectivity index (χ4v) is 2.70. The van der Waals surface area contributed by atoms with E-state index >= 15 is 0 Å². The van der Waals surface area contributed by atoms with E-state index in [-0.39, 0.29) is 17.7 Å². The molecule has 0 spiro atoms. The maximum Gasteiger partial charge on any atom is 0.228 e. The van der Waals surface area contributed by atoms with Gasteiger partial charge in [-0.25, -0.2) is 0 Å². The summed E-state index contributed by atoms with van der Waals surface area (Å²) in [7, 11) is 0. The first-order valence-corrected chi connectivity index (χ1v) is 6.42. The molecule has 2 N–H and O–H groups in total.